The van der Waals surface area contributed by atoms with Crippen molar-refractivity contribution in [3.8, 4) is 17.0 Å². The first kappa shape index (κ1) is 20.0. The summed E-state index contributed by atoms with van der Waals surface area (Å²) in [4.78, 5) is 33.2. The molecule has 1 aromatic carbocycles. The van der Waals surface area contributed by atoms with Crippen LogP contribution in [0.3, 0.4) is 0 Å². The van der Waals surface area contributed by atoms with E-state index in [1.165, 1.54) is 4.40 Å². The molecule has 0 amide bonds. The van der Waals surface area contributed by atoms with Crippen molar-refractivity contribution >= 4 is 34.8 Å². The van der Waals surface area contributed by atoms with E-state index in [2.05, 4.69) is 21.8 Å². The summed E-state index contributed by atoms with van der Waals surface area (Å²) in [6, 6.07) is 8.42. The highest BCUT2D eigenvalue weighted by atomic mass is 35.5. The normalized spacial score (nSPS) is 14.8. The maximum atomic E-state index is 13.0. The molecule has 3 aromatic rings. The minimum atomic E-state index is -1.63. The van der Waals surface area contributed by atoms with E-state index in [0.29, 0.717) is 5.65 Å². The highest BCUT2D eigenvalue weighted by molar-refractivity contribution is 6.34. The number of piperazine rings is 1. The molecule has 156 valence electrons. The number of hydrogen-bond donors (Lipinski definition) is 2. The Bertz CT molecular complexity index is 1170. The predicted octanol–water partition coefficient (Wildman–Crippen LogP) is 2.41. The van der Waals surface area contributed by atoms with Crippen LogP contribution in [-0.4, -0.2) is 58.8 Å². The number of aromatic nitrogens is 2. The Kier molecular flexibility index (Phi) is 5.23. The highest BCUT2D eigenvalue weighted by Gasteiger charge is 2.23. The molecule has 3 heterocycles. The van der Waals surface area contributed by atoms with Crippen molar-refractivity contribution < 1.29 is 14.6 Å². The molecule has 0 bridgehead atoms. The van der Waals surface area contributed by atoms with Crippen molar-refractivity contribution in [2.75, 3.05) is 43.9 Å². The molecule has 2 aromatic heterocycles. The summed E-state index contributed by atoms with van der Waals surface area (Å²) >= 11 is 6.30. The molecular weight excluding hydrogens is 410 g/mol. The molecule has 1 aliphatic heterocycles. The molecule has 10 heteroatoms. The van der Waals surface area contributed by atoms with Gasteiger partial charge in [0.25, 0.3) is 0 Å². The van der Waals surface area contributed by atoms with Crippen molar-refractivity contribution in [1.82, 2.24) is 14.3 Å². The Labute approximate surface area is 176 Å². The van der Waals surface area contributed by atoms with Crippen molar-refractivity contribution in [3.05, 3.63) is 51.9 Å². The molecule has 1 fully saturated rings. The third-order valence-electron chi connectivity index (χ3n) is 5.11. The number of fused-ring (bicyclic) bond motifs is 1. The van der Waals surface area contributed by atoms with Gasteiger partial charge in [-0.3, -0.25) is 9.20 Å². The topological polar surface area (TPSA) is 113 Å². The quantitative estimate of drug-likeness (QED) is 0.482. The van der Waals surface area contributed by atoms with Crippen LogP contribution in [-0.2, 0) is 0 Å². The first-order valence-corrected chi connectivity index (χ1v) is 9.68. The summed E-state index contributed by atoms with van der Waals surface area (Å²) in [6.45, 7) is 3.55. The molecular formula is C20H20ClN5O4. The van der Waals surface area contributed by atoms with E-state index in [9.17, 15) is 9.59 Å². The average molecular weight is 430 g/mol. The van der Waals surface area contributed by atoms with Gasteiger partial charge in [0.1, 0.15) is 11.3 Å². The minimum Gasteiger partial charge on any atom is -0.449 e. The fourth-order valence-electron chi connectivity index (χ4n) is 3.51. The molecule has 0 aliphatic carbocycles. The molecule has 30 heavy (non-hydrogen) atoms. The lowest BCUT2D eigenvalue weighted by atomic mass is 10.1. The van der Waals surface area contributed by atoms with Gasteiger partial charge in [-0.05, 0) is 25.2 Å². The molecule has 3 N–H and O–H groups in total. The van der Waals surface area contributed by atoms with Crippen LogP contribution < -0.4 is 20.9 Å². The number of nitrogen functional groups attached to an aromatic ring is 1. The van der Waals surface area contributed by atoms with Crippen LogP contribution in [0.4, 0.5) is 16.2 Å². The average Bonchev–Trinajstić information content (AvgIpc) is 2.70. The summed E-state index contributed by atoms with van der Waals surface area (Å²) in [7, 11) is 2.07. The molecule has 0 spiro atoms. The maximum absolute atomic E-state index is 13.0. The lowest BCUT2D eigenvalue weighted by molar-refractivity contribution is 0.144. The second-order valence-corrected chi connectivity index (χ2v) is 7.48. The summed E-state index contributed by atoms with van der Waals surface area (Å²) < 4.78 is 6.04. The molecule has 0 radical (unpaired) electrons. The SMILES string of the molecule is CN1CCN(c2ccn3c(=O)c(OC(=O)O)c(-c4c(N)cccc4Cl)nc3c2)CC1. The van der Waals surface area contributed by atoms with Gasteiger partial charge in [0.15, 0.2) is 0 Å². The highest BCUT2D eigenvalue weighted by Crippen LogP contribution is 2.36. The van der Waals surface area contributed by atoms with Gasteiger partial charge < -0.3 is 25.4 Å². The van der Waals surface area contributed by atoms with E-state index < -0.39 is 17.5 Å². The number of carboxylic acid groups (broad SMARTS) is 1. The van der Waals surface area contributed by atoms with E-state index in [-0.39, 0.29) is 22.0 Å². The number of hydrogen-bond acceptors (Lipinski definition) is 7. The molecule has 4 rings (SSSR count). The third kappa shape index (κ3) is 3.64. The summed E-state index contributed by atoms with van der Waals surface area (Å²) in [6.07, 6.45) is -0.0676. The number of likely N-dealkylation sites (N-methyl/N-ethyl adjacent to an activating group) is 1. The fourth-order valence-corrected chi connectivity index (χ4v) is 3.78. The van der Waals surface area contributed by atoms with Crippen molar-refractivity contribution in [2.24, 2.45) is 0 Å². The van der Waals surface area contributed by atoms with Gasteiger partial charge in [0, 0.05) is 55.4 Å². The van der Waals surface area contributed by atoms with Crippen LogP contribution in [0.1, 0.15) is 0 Å². The largest absolute Gasteiger partial charge is 0.511 e. The first-order valence-electron chi connectivity index (χ1n) is 9.30. The van der Waals surface area contributed by atoms with Crippen LogP contribution in [0.2, 0.25) is 5.02 Å². The predicted molar refractivity (Wildman–Crippen MR) is 115 cm³/mol. The second-order valence-electron chi connectivity index (χ2n) is 7.07. The number of benzene rings is 1. The van der Waals surface area contributed by atoms with Gasteiger partial charge in [-0.2, -0.15) is 0 Å². The van der Waals surface area contributed by atoms with Crippen LogP contribution >= 0.6 is 11.6 Å². The smallest absolute Gasteiger partial charge is 0.449 e. The van der Waals surface area contributed by atoms with E-state index in [0.717, 1.165) is 31.9 Å². The number of anilines is 2. The summed E-state index contributed by atoms with van der Waals surface area (Å²) in [5.74, 6) is -0.452. The monoisotopic (exact) mass is 429 g/mol. The Morgan fingerprint density at radius 3 is 2.63 bits per heavy atom. The number of nitrogens with zero attached hydrogens (tertiary/aromatic N) is 4. The number of nitrogens with two attached hydrogens (primary N) is 1. The Morgan fingerprint density at radius 1 is 1.23 bits per heavy atom. The number of ether oxygens (including phenoxy) is 1. The van der Waals surface area contributed by atoms with Crippen LogP contribution in [0, 0.1) is 0 Å². The van der Waals surface area contributed by atoms with Gasteiger partial charge in [-0.25, -0.2) is 9.78 Å². The van der Waals surface area contributed by atoms with E-state index in [4.69, 9.17) is 27.2 Å². The fraction of sp³-hybridized carbons (Fsp3) is 0.250. The Morgan fingerprint density at radius 2 is 1.97 bits per heavy atom. The number of rotatable bonds is 3. The first-order chi connectivity index (χ1) is 14.3. The van der Waals surface area contributed by atoms with Gasteiger partial charge >= 0.3 is 11.7 Å². The minimum absolute atomic E-state index is 0.0129. The Balaban J connectivity index is 1.92. The molecule has 1 aliphatic rings. The van der Waals surface area contributed by atoms with Crippen molar-refractivity contribution in [3.63, 3.8) is 0 Å². The number of carbonyl (C=O) groups is 1. The van der Waals surface area contributed by atoms with E-state index in [1.807, 2.05) is 0 Å². The van der Waals surface area contributed by atoms with E-state index >= 15 is 0 Å². The van der Waals surface area contributed by atoms with E-state index in [1.54, 1.807) is 36.5 Å². The van der Waals surface area contributed by atoms with Gasteiger partial charge in [0.05, 0.1) is 5.02 Å². The molecule has 0 unspecified atom stereocenters. The zero-order valence-corrected chi connectivity index (χ0v) is 17.0. The zero-order valence-electron chi connectivity index (χ0n) is 16.2. The van der Waals surface area contributed by atoms with Crippen molar-refractivity contribution in [2.45, 2.75) is 0 Å². The summed E-state index contributed by atoms with van der Waals surface area (Å²) in [5.41, 5.74) is 7.14. The maximum Gasteiger partial charge on any atom is 0.511 e. The molecule has 1 saturated heterocycles. The van der Waals surface area contributed by atoms with Gasteiger partial charge in [-0.15, -0.1) is 0 Å². The standard InChI is InChI=1S/C20H20ClN5O4/c1-24-7-9-25(10-8-24)12-5-6-26-15(11-12)23-17(18(19(26)27)30-20(28)29)16-13(21)3-2-4-14(16)22/h2-6,11H,7-10,22H2,1H3,(H,28,29). The van der Waals surface area contributed by atoms with Gasteiger partial charge in [0.2, 0.25) is 5.75 Å². The number of pyridine rings is 1. The molecule has 0 atom stereocenters. The summed E-state index contributed by atoms with van der Waals surface area (Å²) in [5, 5.41) is 9.37. The lowest BCUT2D eigenvalue weighted by Gasteiger charge is -2.34. The van der Waals surface area contributed by atoms with Crippen molar-refractivity contribution in [1.29, 1.82) is 0 Å². The molecule has 0 saturated carbocycles. The lowest BCUT2D eigenvalue weighted by Crippen LogP contribution is -2.44. The third-order valence-corrected chi connectivity index (χ3v) is 5.43. The van der Waals surface area contributed by atoms with Gasteiger partial charge in [-0.1, -0.05) is 17.7 Å². The van der Waals surface area contributed by atoms with Crippen LogP contribution in [0.5, 0.6) is 5.75 Å². The molecule has 9 nitrogen and oxygen atoms in total. The van der Waals surface area contributed by atoms with Crippen LogP contribution in [0.25, 0.3) is 16.9 Å². The number of halogens is 1. The second kappa shape index (κ2) is 7.85. The Hall–Kier alpha value is -3.30. The van der Waals surface area contributed by atoms with Crippen LogP contribution in [0.15, 0.2) is 41.3 Å². The zero-order chi connectivity index (χ0) is 21.4.